The van der Waals surface area contributed by atoms with Gasteiger partial charge in [0.05, 0.1) is 26.5 Å². The molecule has 5 rings (SSSR count). The van der Waals surface area contributed by atoms with Crippen molar-refractivity contribution in [1.29, 1.82) is 0 Å². The number of sulfonamides is 1. The number of sulfone groups is 1. The molecule has 184 valence electrons. The second kappa shape index (κ2) is 7.94. The van der Waals surface area contributed by atoms with Crippen LogP contribution in [-0.2, 0) is 19.9 Å². The smallest absolute Gasteiger partial charge is 0.349 e. The van der Waals surface area contributed by atoms with Crippen molar-refractivity contribution in [3.63, 3.8) is 0 Å². The number of benzene rings is 2. The molecule has 34 heavy (non-hydrogen) atoms. The quantitative estimate of drug-likeness (QED) is 0.567. The van der Waals surface area contributed by atoms with Crippen LogP contribution in [0.15, 0.2) is 52.3 Å². The van der Waals surface area contributed by atoms with E-state index in [0.717, 1.165) is 48.7 Å². The fraction of sp³-hybridized carbons (Fsp3) is 0.381. The topological polar surface area (TPSA) is 109 Å². The molecule has 1 atom stereocenters. The first kappa shape index (κ1) is 24.5. The Bertz CT molecular complexity index is 1350. The number of halogens is 4. The minimum atomic E-state index is -4.37. The van der Waals surface area contributed by atoms with E-state index in [2.05, 4.69) is 10.0 Å². The van der Waals surface area contributed by atoms with E-state index in [1.165, 1.54) is 0 Å². The number of hydrogen-bond donors (Lipinski definition) is 2. The molecule has 3 aliphatic carbocycles. The van der Waals surface area contributed by atoms with Crippen LogP contribution in [-0.4, -0.2) is 41.2 Å². The maximum atomic E-state index is 13.9. The Hall–Kier alpha value is -2.67. The molecule has 0 aromatic heterocycles. The summed E-state index contributed by atoms with van der Waals surface area (Å²) >= 11 is 0. The zero-order valence-electron chi connectivity index (χ0n) is 17.7. The Morgan fingerprint density at radius 1 is 0.971 bits per heavy atom. The van der Waals surface area contributed by atoms with Gasteiger partial charge in [-0.3, -0.25) is 9.52 Å². The fourth-order valence-corrected chi connectivity index (χ4v) is 6.31. The standard InChI is InChI=1S/C21H20F4N2O5S2/c1-33(29,30)14-3-5-15(6-4-14)34(31,32)27-17-8-13(22)2-7-16(17)19(28)26-18-11-20(21(23,24)25)9-12(18)10-20/h2-8,12,18,27H,9-11H2,1H3,(H,26,28). The van der Waals surface area contributed by atoms with Crippen molar-refractivity contribution in [2.45, 2.75) is 41.3 Å². The minimum Gasteiger partial charge on any atom is -0.349 e. The Morgan fingerprint density at radius 3 is 2.09 bits per heavy atom. The van der Waals surface area contributed by atoms with Crippen LogP contribution in [0.1, 0.15) is 29.6 Å². The first-order valence-electron chi connectivity index (χ1n) is 10.1. The van der Waals surface area contributed by atoms with Crippen molar-refractivity contribution in [2.24, 2.45) is 11.3 Å². The molecule has 0 radical (unpaired) electrons. The zero-order valence-corrected chi connectivity index (χ0v) is 19.3. The van der Waals surface area contributed by atoms with E-state index in [1.54, 1.807) is 0 Å². The number of amides is 1. The van der Waals surface area contributed by atoms with Crippen molar-refractivity contribution >= 4 is 31.5 Å². The fourth-order valence-electron chi connectivity index (χ4n) is 4.61. The summed E-state index contributed by atoms with van der Waals surface area (Å²) in [5.41, 5.74) is -2.47. The molecule has 3 aliphatic rings. The van der Waals surface area contributed by atoms with E-state index in [9.17, 15) is 39.2 Å². The van der Waals surface area contributed by atoms with Gasteiger partial charge in [-0.2, -0.15) is 13.2 Å². The molecule has 0 heterocycles. The molecule has 13 heteroatoms. The summed E-state index contributed by atoms with van der Waals surface area (Å²) in [7, 11) is -7.91. The van der Waals surface area contributed by atoms with E-state index in [-0.39, 0.29) is 40.5 Å². The van der Waals surface area contributed by atoms with Crippen LogP contribution in [0.4, 0.5) is 23.2 Å². The lowest BCUT2D eigenvalue weighted by atomic mass is 9.69. The van der Waals surface area contributed by atoms with Crippen LogP contribution in [0.2, 0.25) is 0 Å². The third-order valence-corrected chi connectivity index (χ3v) is 8.95. The average molecular weight is 521 g/mol. The van der Waals surface area contributed by atoms with Gasteiger partial charge >= 0.3 is 6.18 Å². The molecule has 0 aliphatic heterocycles. The van der Waals surface area contributed by atoms with Crippen molar-refractivity contribution in [3.05, 3.63) is 53.8 Å². The van der Waals surface area contributed by atoms with Gasteiger partial charge in [-0.25, -0.2) is 21.2 Å². The second-order valence-electron chi connectivity index (χ2n) is 8.77. The second-order valence-corrected chi connectivity index (χ2v) is 12.5. The van der Waals surface area contributed by atoms with Crippen LogP contribution in [0.25, 0.3) is 0 Å². The third kappa shape index (κ3) is 4.38. The van der Waals surface area contributed by atoms with E-state index in [1.807, 2.05) is 0 Å². The highest BCUT2D eigenvalue weighted by Gasteiger charge is 2.69. The SMILES string of the molecule is CS(=O)(=O)c1ccc(S(=O)(=O)Nc2cc(F)ccc2C(=O)NC2CC3(C(F)(F)F)CC2C3)cc1. The number of carbonyl (C=O) groups excluding carboxylic acids is 1. The Balaban J connectivity index is 1.55. The van der Waals surface area contributed by atoms with Gasteiger partial charge in [0.1, 0.15) is 5.82 Å². The van der Waals surface area contributed by atoms with E-state index in [4.69, 9.17) is 0 Å². The number of anilines is 1. The lowest BCUT2D eigenvalue weighted by molar-refractivity contribution is -0.244. The molecule has 0 saturated heterocycles. The Labute approximate surface area is 193 Å². The third-order valence-electron chi connectivity index (χ3n) is 6.44. The van der Waals surface area contributed by atoms with Crippen LogP contribution in [0, 0.1) is 17.2 Å². The summed E-state index contributed by atoms with van der Waals surface area (Å²) in [5.74, 6) is -2.01. The average Bonchev–Trinajstić information content (AvgIpc) is 3.22. The summed E-state index contributed by atoms with van der Waals surface area (Å²) in [6.07, 6.45) is -3.83. The van der Waals surface area contributed by atoms with Gasteiger partial charge in [-0.15, -0.1) is 0 Å². The molecule has 2 N–H and O–H groups in total. The molecule has 7 nitrogen and oxygen atoms in total. The van der Waals surface area contributed by atoms with Crippen molar-refractivity contribution < 1.29 is 39.2 Å². The Kier molecular flexibility index (Phi) is 5.71. The molecule has 2 bridgehead atoms. The maximum absolute atomic E-state index is 13.9. The molecular formula is C21H20F4N2O5S2. The van der Waals surface area contributed by atoms with Crippen molar-refractivity contribution in [1.82, 2.24) is 5.32 Å². The zero-order chi connectivity index (χ0) is 25.1. The molecule has 1 unspecified atom stereocenters. The highest BCUT2D eigenvalue weighted by molar-refractivity contribution is 7.92. The van der Waals surface area contributed by atoms with Crippen molar-refractivity contribution in [3.8, 4) is 0 Å². The molecule has 1 amide bonds. The number of rotatable bonds is 6. The highest BCUT2D eigenvalue weighted by atomic mass is 32.2. The summed E-state index contributed by atoms with van der Waals surface area (Å²) in [4.78, 5) is 12.4. The van der Waals surface area contributed by atoms with E-state index < -0.39 is 54.9 Å². The van der Waals surface area contributed by atoms with Gasteiger partial charge in [0.15, 0.2) is 9.84 Å². The first-order valence-corrected chi connectivity index (χ1v) is 13.5. The van der Waals surface area contributed by atoms with Gasteiger partial charge in [-0.1, -0.05) is 0 Å². The van der Waals surface area contributed by atoms with Gasteiger partial charge in [0, 0.05) is 12.3 Å². The monoisotopic (exact) mass is 520 g/mol. The number of hydrogen-bond acceptors (Lipinski definition) is 5. The van der Waals surface area contributed by atoms with Crippen molar-refractivity contribution in [2.75, 3.05) is 11.0 Å². The summed E-state index contributed by atoms with van der Waals surface area (Å²) in [6, 6.07) is 6.28. The molecular weight excluding hydrogens is 500 g/mol. The predicted octanol–water partition coefficient (Wildman–Crippen LogP) is 3.49. The van der Waals surface area contributed by atoms with Crippen LogP contribution >= 0.6 is 0 Å². The number of alkyl halides is 3. The summed E-state index contributed by atoms with van der Waals surface area (Å²) in [6.45, 7) is 0. The lowest BCUT2D eigenvalue weighted by Crippen LogP contribution is -2.42. The number of carbonyl (C=O) groups is 1. The number of nitrogens with one attached hydrogen (secondary N) is 2. The van der Waals surface area contributed by atoms with Crippen LogP contribution in [0.3, 0.4) is 0 Å². The predicted molar refractivity (Wildman–Crippen MR) is 114 cm³/mol. The van der Waals surface area contributed by atoms with Gasteiger partial charge in [0.25, 0.3) is 15.9 Å². The molecule has 3 fully saturated rings. The van der Waals surface area contributed by atoms with E-state index in [0.29, 0.717) is 0 Å². The Morgan fingerprint density at radius 2 is 1.56 bits per heavy atom. The van der Waals surface area contributed by atoms with Gasteiger partial charge < -0.3 is 5.32 Å². The first-order chi connectivity index (χ1) is 15.6. The summed E-state index contributed by atoms with van der Waals surface area (Å²) in [5, 5.41) is 2.53. The van der Waals surface area contributed by atoms with Crippen LogP contribution < -0.4 is 10.0 Å². The van der Waals surface area contributed by atoms with Gasteiger partial charge in [0.2, 0.25) is 0 Å². The largest absolute Gasteiger partial charge is 0.394 e. The molecule has 2 aromatic carbocycles. The normalized spacial score (nSPS) is 24.4. The summed E-state index contributed by atoms with van der Waals surface area (Å²) < 4.78 is 105. The molecule has 3 saturated carbocycles. The minimum absolute atomic E-state index is 0.0756. The molecule has 0 spiro atoms. The van der Waals surface area contributed by atoms with E-state index >= 15 is 0 Å². The highest BCUT2D eigenvalue weighted by Crippen LogP contribution is 2.65. The lowest BCUT2D eigenvalue weighted by Gasteiger charge is -2.39. The number of fused-ring (bicyclic) bond motifs is 1. The maximum Gasteiger partial charge on any atom is 0.394 e. The van der Waals surface area contributed by atoms with Crippen LogP contribution in [0.5, 0.6) is 0 Å². The molecule has 2 aromatic rings. The van der Waals surface area contributed by atoms with Gasteiger partial charge in [-0.05, 0) is 67.6 Å².